The molecule has 0 unspecified atom stereocenters. The molecule has 0 fully saturated rings. The average molecular weight is 474 g/mol. The van der Waals surface area contributed by atoms with Crippen molar-refractivity contribution in [2.75, 3.05) is 7.11 Å². The lowest BCUT2D eigenvalue weighted by Gasteiger charge is -2.13. The summed E-state index contributed by atoms with van der Waals surface area (Å²) in [6, 6.07) is 11.0. The smallest absolute Gasteiger partial charge is 0.213 e. The highest BCUT2D eigenvalue weighted by atomic mass is 32.2. The highest BCUT2D eigenvalue weighted by Crippen LogP contribution is 2.35. The number of aliphatic hydroxyl groups is 1. The van der Waals surface area contributed by atoms with Crippen LogP contribution in [0, 0.1) is 6.92 Å². The number of aromatic nitrogens is 3. The van der Waals surface area contributed by atoms with Crippen molar-refractivity contribution in [3.8, 4) is 22.8 Å². The zero-order valence-electron chi connectivity index (χ0n) is 18.0. The number of methoxy groups -OCH3 is 1. The Morgan fingerprint density at radius 2 is 1.84 bits per heavy atom. The lowest BCUT2D eigenvalue weighted by molar-refractivity contribution is 0.0773. The highest BCUT2D eigenvalue weighted by molar-refractivity contribution is 7.90. The first-order valence-electron chi connectivity index (χ1n) is 9.77. The van der Waals surface area contributed by atoms with Crippen molar-refractivity contribution in [3.63, 3.8) is 0 Å². The molecule has 0 aliphatic carbocycles. The summed E-state index contributed by atoms with van der Waals surface area (Å²) in [5.41, 5.74) is 1.39. The number of phenolic OH excluding ortho intramolecular Hbond substituents is 1. The first kappa shape index (κ1) is 22.3. The molecule has 168 valence electrons. The van der Waals surface area contributed by atoms with Gasteiger partial charge in [0.2, 0.25) is 4.96 Å². The Kier molecular flexibility index (Phi) is 5.48. The van der Waals surface area contributed by atoms with Crippen molar-refractivity contribution >= 4 is 26.1 Å². The normalized spacial score (nSPS) is 12.4. The molecule has 2 N–H and O–H groups in total. The van der Waals surface area contributed by atoms with Crippen molar-refractivity contribution in [3.05, 3.63) is 58.7 Å². The zero-order valence-corrected chi connectivity index (χ0v) is 19.7. The van der Waals surface area contributed by atoms with E-state index in [1.54, 1.807) is 48.7 Å². The zero-order chi connectivity index (χ0) is 23.3. The molecule has 0 bridgehead atoms. The van der Waals surface area contributed by atoms with E-state index in [1.807, 2.05) is 6.92 Å². The fourth-order valence-corrected chi connectivity index (χ4v) is 5.88. The second kappa shape index (κ2) is 7.88. The molecule has 0 atom stereocenters. The minimum Gasteiger partial charge on any atom is -0.508 e. The summed E-state index contributed by atoms with van der Waals surface area (Å²) in [5, 5.41) is 24.8. The molecule has 0 aliphatic rings. The van der Waals surface area contributed by atoms with Crippen LogP contribution in [0.1, 0.15) is 30.1 Å². The van der Waals surface area contributed by atoms with Crippen LogP contribution in [0.5, 0.6) is 11.5 Å². The van der Waals surface area contributed by atoms with Gasteiger partial charge in [-0.15, -0.1) is 0 Å². The molecule has 10 heteroatoms. The Hall–Kier alpha value is -2.95. The van der Waals surface area contributed by atoms with Gasteiger partial charge in [0.15, 0.2) is 9.84 Å². The second-order valence-electron chi connectivity index (χ2n) is 8.00. The Morgan fingerprint density at radius 1 is 1.16 bits per heavy atom. The van der Waals surface area contributed by atoms with Crippen molar-refractivity contribution in [2.45, 2.75) is 37.0 Å². The third kappa shape index (κ3) is 4.08. The van der Waals surface area contributed by atoms with E-state index in [2.05, 4.69) is 10.1 Å². The molecular formula is C22H23N3O5S2. The summed E-state index contributed by atoms with van der Waals surface area (Å²) < 4.78 is 33.5. The maximum absolute atomic E-state index is 13.3. The van der Waals surface area contributed by atoms with Gasteiger partial charge in [-0.3, -0.25) is 0 Å². The van der Waals surface area contributed by atoms with Crippen LogP contribution in [0.15, 0.2) is 47.4 Å². The minimum absolute atomic E-state index is 0.0536. The number of fused-ring (bicyclic) bond motifs is 1. The van der Waals surface area contributed by atoms with Gasteiger partial charge in [0, 0.05) is 5.56 Å². The van der Waals surface area contributed by atoms with Crippen molar-refractivity contribution in [1.29, 1.82) is 0 Å². The van der Waals surface area contributed by atoms with E-state index in [-0.39, 0.29) is 22.1 Å². The lowest BCUT2D eigenvalue weighted by Crippen LogP contribution is -2.15. The Labute approximate surface area is 189 Å². The maximum Gasteiger partial charge on any atom is 0.213 e. The minimum atomic E-state index is -3.76. The van der Waals surface area contributed by atoms with E-state index in [0.29, 0.717) is 32.5 Å². The molecule has 8 nitrogen and oxygen atoms in total. The molecular weight excluding hydrogens is 450 g/mol. The number of aryl methyl sites for hydroxylation is 1. The molecule has 4 rings (SSSR count). The monoisotopic (exact) mass is 473 g/mol. The third-order valence-electron chi connectivity index (χ3n) is 4.97. The number of nitrogens with zero attached hydrogens (tertiary/aromatic N) is 3. The van der Waals surface area contributed by atoms with Gasteiger partial charge in [0.25, 0.3) is 0 Å². The van der Waals surface area contributed by atoms with Gasteiger partial charge in [-0.2, -0.15) is 5.10 Å². The highest BCUT2D eigenvalue weighted by Gasteiger charge is 2.26. The maximum atomic E-state index is 13.3. The molecule has 0 saturated heterocycles. The second-order valence-corrected chi connectivity index (χ2v) is 10.9. The molecule has 0 amide bonds. The van der Waals surface area contributed by atoms with Crippen LogP contribution < -0.4 is 4.74 Å². The average Bonchev–Trinajstić information content (AvgIpc) is 3.26. The number of hydrogen-bond donors (Lipinski definition) is 2. The molecule has 0 spiro atoms. The molecule has 2 aromatic heterocycles. The predicted octanol–water partition coefficient (Wildman–Crippen LogP) is 3.68. The summed E-state index contributed by atoms with van der Waals surface area (Å²) >= 11 is 1.28. The van der Waals surface area contributed by atoms with Gasteiger partial charge in [-0.25, -0.2) is 17.9 Å². The van der Waals surface area contributed by atoms with Crippen LogP contribution in [0.25, 0.3) is 16.2 Å². The van der Waals surface area contributed by atoms with E-state index < -0.39 is 15.4 Å². The lowest BCUT2D eigenvalue weighted by atomic mass is 10.1. The molecule has 2 aromatic carbocycles. The van der Waals surface area contributed by atoms with Crippen molar-refractivity contribution in [2.24, 2.45) is 0 Å². The van der Waals surface area contributed by atoms with Gasteiger partial charge >= 0.3 is 0 Å². The van der Waals surface area contributed by atoms with Crippen LogP contribution in [0.3, 0.4) is 0 Å². The number of aromatic hydroxyl groups is 1. The predicted molar refractivity (Wildman–Crippen MR) is 122 cm³/mol. The molecule has 2 heterocycles. The molecule has 0 saturated carbocycles. The Balaban J connectivity index is 1.83. The number of imidazole rings is 1. The van der Waals surface area contributed by atoms with Crippen LogP contribution in [-0.2, 0) is 21.2 Å². The number of benzene rings is 2. The van der Waals surface area contributed by atoms with Crippen LogP contribution in [0.2, 0.25) is 0 Å². The fourth-order valence-electron chi connectivity index (χ4n) is 3.38. The van der Waals surface area contributed by atoms with E-state index in [1.165, 1.54) is 30.6 Å². The van der Waals surface area contributed by atoms with Gasteiger partial charge in [0.1, 0.15) is 27.0 Å². The fraction of sp³-hybridized carbons (Fsp3) is 0.273. The number of hydrogen-bond acceptors (Lipinski definition) is 8. The van der Waals surface area contributed by atoms with Crippen LogP contribution in [-0.4, -0.2) is 40.3 Å². The summed E-state index contributed by atoms with van der Waals surface area (Å²) in [6.07, 6.45) is 0. The number of phenols is 1. The Bertz CT molecular complexity index is 1400. The summed E-state index contributed by atoms with van der Waals surface area (Å²) in [7, 11) is -2.34. The van der Waals surface area contributed by atoms with E-state index in [9.17, 15) is 18.6 Å². The van der Waals surface area contributed by atoms with Gasteiger partial charge < -0.3 is 14.9 Å². The summed E-state index contributed by atoms with van der Waals surface area (Å²) in [5.74, 6) is 0.0639. The third-order valence-corrected chi connectivity index (χ3v) is 7.89. The molecule has 4 aromatic rings. The quantitative estimate of drug-likeness (QED) is 0.439. The van der Waals surface area contributed by atoms with Crippen molar-refractivity contribution in [1.82, 2.24) is 14.6 Å². The SMILES string of the molecule is COc1ccc(-c2c(C)nc3sc(C(C)(C)O)nn23)cc1S(=O)(=O)Cc1ccc(O)cc1. The van der Waals surface area contributed by atoms with Crippen molar-refractivity contribution < 1.29 is 23.4 Å². The first-order valence-corrected chi connectivity index (χ1v) is 12.2. The van der Waals surface area contributed by atoms with E-state index in [0.717, 1.165) is 0 Å². The van der Waals surface area contributed by atoms with Crippen LogP contribution in [0.4, 0.5) is 0 Å². The van der Waals surface area contributed by atoms with Gasteiger partial charge in [-0.05, 0) is 56.7 Å². The number of sulfone groups is 1. The van der Waals surface area contributed by atoms with E-state index >= 15 is 0 Å². The van der Waals surface area contributed by atoms with E-state index in [4.69, 9.17) is 4.74 Å². The van der Waals surface area contributed by atoms with Gasteiger partial charge in [0.05, 0.1) is 24.3 Å². The molecule has 32 heavy (non-hydrogen) atoms. The summed E-state index contributed by atoms with van der Waals surface area (Å²) in [4.78, 5) is 5.20. The largest absolute Gasteiger partial charge is 0.508 e. The van der Waals surface area contributed by atoms with Crippen LogP contribution >= 0.6 is 11.3 Å². The Morgan fingerprint density at radius 3 is 2.47 bits per heavy atom. The molecule has 0 radical (unpaired) electrons. The van der Waals surface area contributed by atoms with Gasteiger partial charge in [-0.1, -0.05) is 23.5 Å². The topological polar surface area (TPSA) is 114 Å². The summed E-state index contributed by atoms with van der Waals surface area (Å²) in [6.45, 7) is 5.13. The first-order chi connectivity index (χ1) is 15.0. The molecule has 0 aliphatic heterocycles. The number of ether oxygens (including phenoxy) is 1. The standard InChI is InChI=1S/C22H23N3O5S2/c1-13-19(25-21(23-13)31-20(24-25)22(2,3)27)15-7-10-17(30-4)18(11-15)32(28,29)12-14-5-8-16(26)9-6-14/h5-11,26-27H,12H2,1-4H3. The number of rotatable bonds is 6.